The molecule has 0 spiro atoms. The lowest BCUT2D eigenvalue weighted by molar-refractivity contribution is 0.282. The van der Waals surface area contributed by atoms with E-state index < -0.39 is 0 Å². The summed E-state index contributed by atoms with van der Waals surface area (Å²) in [5.74, 6) is 0.836. The van der Waals surface area contributed by atoms with Gasteiger partial charge in [0.1, 0.15) is 5.82 Å². The number of hydrogen-bond acceptors (Lipinski definition) is 2. The molecule has 0 amide bonds. The predicted molar refractivity (Wildman–Crippen MR) is 64.7 cm³/mol. The number of rotatable bonds is 1. The topological polar surface area (TPSA) is 37.2 Å². The molecule has 2 aromatic rings. The smallest absolute Gasteiger partial charge is 0.107 e. The highest BCUT2D eigenvalue weighted by Crippen LogP contribution is 2.35. The van der Waals surface area contributed by atoms with E-state index in [4.69, 9.17) is 5.11 Å². The number of anilines is 1. The monoisotopic (exact) mass is 212 g/mol. The van der Waals surface area contributed by atoms with Crippen molar-refractivity contribution in [2.45, 2.75) is 6.61 Å². The molecule has 0 aliphatic carbocycles. The molecule has 1 aliphatic heterocycles. The summed E-state index contributed by atoms with van der Waals surface area (Å²) in [6.45, 7) is 4.03. The fraction of sp³-hybridized carbons (Fsp3) is 0.0769. The van der Waals surface area contributed by atoms with Crippen LogP contribution in [0.1, 0.15) is 5.56 Å². The Morgan fingerprint density at radius 3 is 3.00 bits per heavy atom. The van der Waals surface area contributed by atoms with E-state index in [1.807, 2.05) is 35.0 Å². The summed E-state index contributed by atoms with van der Waals surface area (Å²) >= 11 is 0. The third-order valence-electron chi connectivity index (χ3n) is 2.86. The molecule has 2 heterocycles. The molecule has 16 heavy (non-hydrogen) atoms. The molecule has 0 radical (unpaired) electrons. The molecule has 1 aromatic carbocycles. The number of aliphatic hydroxyl groups is 1. The van der Waals surface area contributed by atoms with E-state index in [2.05, 4.69) is 18.0 Å². The molecule has 0 saturated heterocycles. The first-order valence-electron chi connectivity index (χ1n) is 5.17. The van der Waals surface area contributed by atoms with Crippen molar-refractivity contribution in [1.82, 2.24) is 4.57 Å². The number of aromatic nitrogens is 1. The molecule has 2 N–H and O–H groups in total. The van der Waals surface area contributed by atoms with Crippen molar-refractivity contribution >= 4 is 11.5 Å². The molecule has 3 heteroatoms. The van der Waals surface area contributed by atoms with Gasteiger partial charge in [0, 0.05) is 17.4 Å². The third kappa shape index (κ3) is 1.19. The molecule has 3 nitrogen and oxygen atoms in total. The maximum atomic E-state index is 9.10. The number of fused-ring (bicyclic) bond motifs is 3. The Morgan fingerprint density at radius 2 is 2.19 bits per heavy atom. The summed E-state index contributed by atoms with van der Waals surface area (Å²) in [6, 6.07) is 9.97. The van der Waals surface area contributed by atoms with Crippen LogP contribution in [0.15, 0.2) is 43.1 Å². The number of benzene rings is 1. The van der Waals surface area contributed by atoms with Crippen molar-refractivity contribution in [3.63, 3.8) is 0 Å². The Kier molecular flexibility index (Phi) is 1.88. The minimum atomic E-state index is 0.0580. The molecule has 0 unspecified atom stereocenters. The minimum Gasteiger partial charge on any atom is -0.392 e. The van der Waals surface area contributed by atoms with Crippen molar-refractivity contribution in [2.24, 2.45) is 0 Å². The van der Waals surface area contributed by atoms with E-state index >= 15 is 0 Å². The molecule has 0 bridgehead atoms. The van der Waals surface area contributed by atoms with Gasteiger partial charge in [-0.1, -0.05) is 18.7 Å². The SMILES string of the molecule is C=C1Nc2cc(CO)ccc2-c2cccn21. The van der Waals surface area contributed by atoms with E-state index in [9.17, 15) is 0 Å². The van der Waals surface area contributed by atoms with E-state index in [1.54, 1.807) is 0 Å². The fourth-order valence-corrected chi connectivity index (χ4v) is 2.07. The van der Waals surface area contributed by atoms with E-state index in [0.717, 1.165) is 28.3 Å². The van der Waals surface area contributed by atoms with Gasteiger partial charge in [0.05, 0.1) is 12.3 Å². The van der Waals surface area contributed by atoms with Gasteiger partial charge in [-0.25, -0.2) is 0 Å². The molecule has 80 valence electrons. The van der Waals surface area contributed by atoms with Gasteiger partial charge in [-0.3, -0.25) is 0 Å². The van der Waals surface area contributed by atoms with Crippen molar-refractivity contribution < 1.29 is 5.11 Å². The van der Waals surface area contributed by atoms with Gasteiger partial charge in [0.15, 0.2) is 0 Å². The number of nitrogens with zero attached hydrogens (tertiary/aromatic N) is 1. The summed E-state index contributed by atoms with van der Waals surface area (Å²) in [4.78, 5) is 0. The standard InChI is InChI=1S/C13H12N2O/c1-9-14-12-7-10(8-16)4-5-11(12)13-3-2-6-15(9)13/h2-7,14,16H,1,8H2. The second-order valence-corrected chi connectivity index (χ2v) is 3.87. The summed E-state index contributed by atoms with van der Waals surface area (Å²) in [6.07, 6.45) is 1.98. The van der Waals surface area contributed by atoms with Gasteiger partial charge in [0.25, 0.3) is 0 Å². The highest BCUT2D eigenvalue weighted by Gasteiger charge is 2.17. The zero-order valence-corrected chi connectivity index (χ0v) is 8.77. The molecule has 0 atom stereocenters. The summed E-state index contributed by atoms with van der Waals surface area (Å²) in [5, 5.41) is 12.3. The summed E-state index contributed by atoms with van der Waals surface area (Å²) < 4.78 is 2.01. The highest BCUT2D eigenvalue weighted by atomic mass is 16.3. The Balaban J connectivity index is 2.23. The van der Waals surface area contributed by atoms with Gasteiger partial charge in [-0.15, -0.1) is 0 Å². The third-order valence-corrected chi connectivity index (χ3v) is 2.86. The highest BCUT2D eigenvalue weighted by molar-refractivity contribution is 5.87. The summed E-state index contributed by atoms with van der Waals surface area (Å²) in [7, 11) is 0. The van der Waals surface area contributed by atoms with Crippen LogP contribution in [0.25, 0.3) is 17.1 Å². The van der Waals surface area contributed by atoms with Crippen molar-refractivity contribution in [1.29, 1.82) is 0 Å². The van der Waals surface area contributed by atoms with Gasteiger partial charge in [0.2, 0.25) is 0 Å². The predicted octanol–water partition coefficient (Wildman–Crippen LogP) is 2.50. The Bertz CT molecular complexity index is 569. The van der Waals surface area contributed by atoms with Crippen LogP contribution in [0.3, 0.4) is 0 Å². The first kappa shape index (κ1) is 9.24. The van der Waals surface area contributed by atoms with Crippen LogP contribution < -0.4 is 5.32 Å². The average molecular weight is 212 g/mol. The first-order valence-corrected chi connectivity index (χ1v) is 5.17. The van der Waals surface area contributed by atoms with Gasteiger partial charge < -0.3 is 15.0 Å². The van der Waals surface area contributed by atoms with E-state index in [1.165, 1.54) is 0 Å². The molecule has 0 fully saturated rings. The Morgan fingerprint density at radius 1 is 1.31 bits per heavy atom. The number of aliphatic hydroxyl groups excluding tert-OH is 1. The van der Waals surface area contributed by atoms with Crippen LogP contribution in [0.4, 0.5) is 5.69 Å². The largest absolute Gasteiger partial charge is 0.392 e. The van der Waals surface area contributed by atoms with Crippen LogP contribution in [-0.2, 0) is 6.61 Å². The molecule has 0 saturated carbocycles. The Labute approximate surface area is 93.7 Å². The normalized spacial score (nSPS) is 12.9. The van der Waals surface area contributed by atoms with Crippen LogP contribution in [0, 0.1) is 0 Å². The second-order valence-electron chi connectivity index (χ2n) is 3.87. The number of nitrogens with one attached hydrogen (secondary N) is 1. The van der Waals surface area contributed by atoms with E-state index in [0.29, 0.717) is 0 Å². The maximum Gasteiger partial charge on any atom is 0.107 e. The Hall–Kier alpha value is -2.00. The quantitative estimate of drug-likeness (QED) is 0.762. The first-order chi connectivity index (χ1) is 7.79. The van der Waals surface area contributed by atoms with Gasteiger partial charge in [-0.2, -0.15) is 0 Å². The second kappa shape index (κ2) is 3.25. The van der Waals surface area contributed by atoms with Gasteiger partial charge >= 0.3 is 0 Å². The molecular weight excluding hydrogens is 200 g/mol. The maximum absolute atomic E-state index is 9.10. The van der Waals surface area contributed by atoms with Crippen LogP contribution >= 0.6 is 0 Å². The van der Waals surface area contributed by atoms with Crippen molar-refractivity contribution in [2.75, 3.05) is 5.32 Å². The van der Waals surface area contributed by atoms with Crippen LogP contribution in [-0.4, -0.2) is 9.67 Å². The average Bonchev–Trinajstić information content (AvgIpc) is 2.78. The van der Waals surface area contributed by atoms with Crippen LogP contribution in [0.2, 0.25) is 0 Å². The lowest BCUT2D eigenvalue weighted by Crippen LogP contribution is -2.12. The molecule has 3 rings (SSSR count). The fourth-order valence-electron chi connectivity index (χ4n) is 2.07. The van der Waals surface area contributed by atoms with Crippen LogP contribution in [0.5, 0.6) is 0 Å². The lowest BCUT2D eigenvalue weighted by atomic mass is 10.0. The minimum absolute atomic E-state index is 0.0580. The summed E-state index contributed by atoms with van der Waals surface area (Å²) in [5.41, 5.74) is 4.17. The zero-order chi connectivity index (χ0) is 11.1. The molecule has 1 aliphatic rings. The number of hydrogen-bond donors (Lipinski definition) is 2. The van der Waals surface area contributed by atoms with Gasteiger partial charge in [-0.05, 0) is 23.8 Å². The van der Waals surface area contributed by atoms with Crippen molar-refractivity contribution in [3.05, 3.63) is 48.7 Å². The lowest BCUT2D eigenvalue weighted by Gasteiger charge is -2.23. The van der Waals surface area contributed by atoms with E-state index in [-0.39, 0.29) is 6.61 Å². The molecule has 1 aromatic heterocycles. The van der Waals surface area contributed by atoms with Crippen molar-refractivity contribution in [3.8, 4) is 11.3 Å². The molecular formula is C13H12N2O. The zero-order valence-electron chi connectivity index (χ0n) is 8.77.